The minimum Gasteiger partial charge on any atom is -1.00 e. The number of hydrogen-bond donors (Lipinski definition) is 1. The van der Waals surface area contributed by atoms with E-state index in [4.69, 9.17) is 0 Å². The van der Waals surface area contributed by atoms with Crippen molar-refractivity contribution in [3.8, 4) is 5.88 Å². The van der Waals surface area contributed by atoms with Crippen molar-refractivity contribution in [1.29, 1.82) is 0 Å². The molecule has 0 saturated carbocycles. The van der Waals surface area contributed by atoms with Gasteiger partial charge in [-0.25, -0.2) is 9.20 Å². The summed E-state index contributed by atoms with van der Waals surface area (Å²) >= 11 is 0. The molecular weight excluding hydrogens is 361 g/mol. The molecule has 0 bridgehead atoms. The summed E-state index contributed by atoms with van der Waals surface area (Å²) in [6.45, 7) is 0.244. The van der Waals surface area contributed by atoms with Crippen LogP contribution in [0.25, 0.3) is 16.9 Å². The second-order valence-corrected chi connectivity index (χ2v) is 6.04. The Bertz CT molecular complexity index is 1350. The summed E-state index contributed by atoms with van der Waals surface area (Å²) in [4.78, 5) is 41.5. The molecule has 0 saturated heterocycles. The molecule has 4 aromatic rings. The molecule has 0 aliphatic rings. The van der Waals surface area contributed by atoms with E-state index in [2.05, 4.69) is 4.98 Å². The summed E-state index contributed by atoms with van der Waals surface area (Å²) in [7, 11) is 2.81. The molecule has 0 fully saturated rings. The fraction of sp³-hybridized carbons (Fsp3) is 0.176. The Labute approximate surface area is 175 Å². The van der Waals surface area contributed by atoms with E-state index >= 15 is 0 Å². The van der Waals surface area contributed by atoms with E-state index < -0.39 is 16.8 Å². The Morgan fingerprint density at radius 2 is 1.74 bits per heavy atom. The first-order valence-corrected chi connectivity index (χ1v) is 7.85. The van der Waals surface area contributed by atoms with Gasteiger partial charge in [-0.2, -0.15) is 4.98 Å². The number of rotatable bonds is 2. The summed E-state index contributed by atoms with van der Waals surface area (Å²) < 4.78 is 4.66. The van der Waals surface area contributed by atoms with Crippen molar-refractivity contribution < 1.29 is 36.1 Å². The van der Waals surface area contributed by atoms with E-state index in [9.17, 15) is 19.5 Å². The monoisotopic (exact) mass is 377 g/mol. The van der Waals surface area contributed by atoms with Gasteiger partial charge in [-0.1, -0.05) is 30.3 Å². The molecule has 0 unspecified atom stereocenters. The van der Waals surface area contributed by atoms with Crippen LogP contribution in [-0.2, 0) is 20.6 Å². The van der Waals surface area contributed by atoms with Crippen LogP contribution in [0.1, 0.15) is 6.99 Å². The molecule has 134 valence electrons. The molecule has 1 aromatic carbocycles. The van der Waals surface area contributed by atoms with Crippen molar-refractivity contribution >= 4 is 16.9 Å². The number of fused-ring (bicyclic) bond motifs is 3. The molecule has 4 rings (SSSR count). The summed E-state index contributed by atoms with van der Waals surface area (Å²) in [5, 5.41) is 10.3. The van der Waals surface area contributed by atoms with Crippen molar-refractivity contribution in [1.82, 2.24) is 23.1 Å². The van der Waals surface area contributed by atoms with Crippen LogP contribution in [0.2, 0.25) is 0 Å². The van der Waals surface area contributed by atoms with E-state index in [1.807, 2.05) is 30.3 Å². The number of aromatic hydroxyl groups is 1. The standard InChI is InChI=1S/C17H15N5O4.Na.H/c1-19-14-13(15(25)20(2)17(19)26)22-12(24)8-11(23)21(16(22)18-14)9-10-6-4-3-5-7-10;;/h3-8,23H,9H2,1-2H3;;/q;+1;-1. The third-order valence-corrected chi connectivity index (χ3v) is 4.41. The molecule has 0 spiro atoms. The number of aromatic nitrogens is 5. The quantitative estimate of drug-likeness (QED) is 0.373. The third-order valence-electron chi connectivity index (χ3n) is 4.41. The number of imidazole rings is 1. The maximum atomic E-state index is 12.6. The minimum absolute atomic E-state index is 0. The smallest absolute Gasteiger partial charge is 1.00 e. The first kappa shape index (κ1) is 19.2. The summed E-state index contributed by atoms with van der Waals surface area (Å²) in [6.07, 6.45) is 0. The minimum atomic E-state index is -0.621. The predicted octanol–water partition coefficient (Wildman–Crippen LogP) is -3.08. The zero-order valence-electron chi connectivity index (χ0n) is 16.1. The maximum absolute atomic E-state index is 12.6. The van der Waals surface area contributed by atoms with Gasteiger partial charge < -0.3 is 6.53 Å². The average Bonchev–Trinajstić information content (AvgIpc) is 3.03. The van der Waals surface area contributed by atoms with Crippen LogP contribution in [0.3, 0.4) is 0 Å². The van der Waals surface area contributed by atoms with Crippen molar-refractivity contribution in [2.24, 2.45) is 14.1 Å². The molecule has 0 radical (unpaired) electrons. The Morgan fingerprint density at radius 3 is 2.41 bits per heavy atom. The van der Waals surface area contributed by atoms with Crippen LogP contribution in [0.5, 0.6) is 5.88 Å². The number of benzene rings is 1. The van der Waals surface area contributed by atoms with Crippen molar-refractivity contribution in [3.05, 3.63) is 73.2 Å². The summed E-state index contributed by atoms with van der Waals surface area (Å²) in [5.74, 6) is -0.185. The van der Waals surface area contributed by atoms with Gasteiger partial charge in [0.25, 0.3) is 11.1 Å². The molecule has 10 heteroatoms. The summed E-state index contributed by atoms with van der Waals surface area (Å²) in [5.41, 5.74) is -0.803. The fourth-order valence-electron chi connectivity index (χ4n) is 3.05. The molecule has 0 aliphatic heterocycles. The van der Waals surface area contributed by atoms with Gasteiger partial charge in [0.05, 0.1) is 12.6 Å². The topological polar surface area (TPSA) is 104 Å². The van der Waals surface area contributed by atoms with Gasteiger partial charge >= 0.3 is 35.2 Å². The molecule has 3 aromatic heterocycles. The SMILES string of the molecule is Cn1c(=O)c2c(nc3n(Cc4ccccc4)c(O)cc(=O)n23)n(C)c1=O.[H-].[Na+]. The third kappa shape index (κ3) is 2.84. The normalized spacial score (nSPS) is 11.0. The average molecular weight is 377 g/mol. The molecule has 3 heterocycles. The Balaban J connectivity index is 0.00000140. The van der Waals surface area contributed by atoms with Gasteiger partial charge in [-0.3, -0.25) is 23.3 Å². The van der Waals surface area contributed by atoms with Gasteiger partial charge in [-0.05, 0) is 5.56 Å². The summed E-state index contributed by atoms with van der Waals surface area (Å²) in [6, 6.07) is 10.3. The Hall–Kier alpha value is -2.62. The Morgan fingerprint density at radius 1 is 1.07 bits per heavy atom. The first-order chi connectivity index (χ1) is 12.4. The molecular formula is C17H16N5NaO4. The van der Waals surface area contributed by atoms with Crippen LogP contribution in [-0.4, -0.2) is 28.2 Å². The van der Waals surface area contributed by atoms with E-state index in [0.29, 0.717) is 0 Å². The number of hydrogen-bond acceptors (Lipinski definition) is 5. The van der Waals surface area contributed by atoms with Crippen LogP contribution >= 0.6 is 0 Å². The molecule has 1 N–H and O–H groups in total. The number of aryl methyl sites for hydroxylation is 1. The molecule has 27 heavy (non-hydrogen) atoms. The van der Waals surface area contributed by atoms with Gasteiger partial charge in [-0.15, -0.1) is 0 Å². The van der Waals surface area contributed by atoms with E-state index in [1.54, 1.807) is 0 Å². The van der Waals surface area contributed by atoms with Crippen LogP contribution in [0.4, 0.5) is 0 Å². The molecule has 0 atom stereocenters. The molecule has 0 amide bonds. The van der Waals surface area contributed by atoms with E-state index in [1.165, 1.54) is 23.2 Å². The van der Waals surface area contributed by atoms with E-state index in [0.717, 1.165) is 20.6 Å². The van der Waals surface area contributed by atoms with Gasteiger partial charge in [0.1, 0.15) is 0 Å². The largest absolute Gasteiger partial charge is 1.00 e. The maximum Gasteiger partial charge on any atom is 1.00 e. The van der Waals surface area contributed by atoms with Crippen molar-refractivity contribution in [3.63, 3.8) is 0 Å². The second-order valence-electron chi connectivity index (χ2n) is 6.04. The zero-order chi connectivity index (χ0) is 18.6. The molecule has 0 aliphatic carbocycles. The van der Waals surface area contributed by atoms with Gasteiger partial charge in [0.15, 0.2) is 17.0 Å². The molecule has 9 nitrogen and oxygen atoms in total. The zero-order valence-corrected chi connectivity index (χ0v) is 17.1. The first-order valence-electron chi connectivity index (χ1n) is 7.85. The van der Waals surface area contributed by atoms with Gasteiger partial charge in [0, 0.05) is 14.1 Å². The van der Waals surface area contributed by atoms with Crippen molar-refractivity contribution in [2.45, 2.75) is 6.54 Å². The van der Waals surface area contributed by atoms with Crippen molar-refractivity contribution in [2.75, 3.05) is 0 Å². The van der Waals surface area contributed by atoms with Crippen LogP contribution in [0.15, 0.2) is 50.8 Å². The van der Waals surface area contributed by atoms with Gasteiger partial charge in [0.2, 0.25) is 5.78 Å². The fourth-order valence-corrected chi connectivity index (χ4v) is 3.05. The van der Waals surface area contributed by atoms with Crippen LogP contribution < -0.4 is 46.4 Å². The Kier molecular flexibility index (Phi) is 4.85. The predicted molar refractivity (Wildman–Crippen MR) is 95.8 cm³/mol. The number of nitrogens with zero attached hydrogens (tertiary/aromatic N) is 5. The van der Waals surface area contributed by atoms with E-state index in [-0.39, 0.29) is 60.4 Å². The van der Waals surface area contributed by atoms with Crippen LogP contribution in [0, 0.1) is 0 Å². The second kappa shape index (κ2) is 6.84.